The highest BCUT2D eigenvalue weighted by Gasteiger charge is 2.27. The van der Waals surface area contributed by atoms with Gasteiger partial charge in [0.2, 0.25) is 5.91 Å². The van der Waals surface area contributed by atoms with Crippen molar-refractivity contribution in [2.75, 3.05) is 32.8 Å². The Morgan fingerprint density at radius 3 is 2.56 bits per heavy atom. The van der Waals surface area contributed by atoms with Crippen LogP contribution in [-0.2, 0) is 4.79 Å². The number of amides is 3. The smallest absolute Gasteiger partial charge is 0.317 e. The van der Waals surface area contributed by atoms with Crippen molar-refractivity contribution in [2.24, 2.45) is 5.92 Å². The molecule has 2 aliphatic heterocycles. The first-order valence-corrected chi connectivity index (χ1v) is 10.0. The number of carbonyl (C=O) groups excluding carboxylic acids is 2. The molecule has 6 heteroatoms. The Bertz CT molecular complexity index is 656. The molecular formula is C21H31N3O3. The van der Waals surface area contributed by atoms with Crippen LogP contribution in [-0.4, -0.2) is 60.6 Å². The van der Waals surface area contributed by atoms with Crippen molar-refractivity contribution >= 4 is 11.9 Å². The quantitative estimate of drug-likeness (QED) is 0.883. The number of piperidine rings is 2. The van der Waals surface area contributed by atoms with Crippen molar-refractivity contribution in [3.8, 4) is 5.75 Å². The first-order chi connectivity index (χ1) is 13.0. The lowest BCUT2D eigenvalue weighted by Crippen LogP contribution is -2.52. The van der Waals surface area contributed by atoms with Gasteiger partial charge in [-0.05, 0) is 44.2 Å². The molecule has 0 aliphatic carbocycles. The van der Waals surface area contributed by atoms with Crippen molar-refractivity contribution in [2.45, 2.75) is 45.6 Å². The maximum Gasteiger partial charge on any atom is 0.317 e. The number of urea groups is 1. The van der Waals surface area contributed by atoms with Crippen LogP contribution in [0.3, 0.4) is 0 Å². The minimum Gasteiger partial charge on any atom is -0.493 e. The molecule has 0 unspecified atom stereocenters. The maximum atomic E-state index is 12.6. The number of rotatable bonds is 4. The molecule has 1 N–H and O–H groups in total. The van der Waals surface area contributed by atoms with Crippen LogP contribution >= 0.6 is 0 Å². The molecule has 2 aliphatic rings. The van der Waals surface area contributed by atoms with Crippen molar-refractivity contribution < 1.29 is 14.3 Å². The van der Waals surface area contributed by atoms with E-state index in [1.807, 2.05) is 41.0 Å². The van der Waals surface area contributed by atoms with E-state index in [1.165, 1.54) is 0 Å². The largest absolute Gasteiger partial charge is 0.493 e. The van der Waals surface area contributed by atoms with Gasteiger partial charge in [0.25, 0.3) is 0 Å². The molecule has 0 bridgehead atoms. The van der Waals surface area contributed by atoms with E-state index in [-0.39, 0.29) is 18.0 Å². The zero-order chi connectivity index (χ0) is 19.2. The average molecular weight is 373 g/mol. The standard InChI is InChI=1S/C21H31N3O3/c1-16-6-3-4-8-20(16)27-15-18-7-5-11-24(14-18)21(26)22-19-9-12-23(13-10-19)17(2)25/h3-4,6,8,18-19H,5,7,9-15H2,1-2H3,(H,22,26)/t18-/m0/s1. The van der Waals surface area contributed by atoms with Crippen LogP contribution in [0.1, 0.15) is 38.2 Å². The molecule has 148 valence electrons. The molecule has 0 radical (unpaired) electrons. The number of nitrogens with one attached hydrogen (secondary N) is 1. The van der Waals surface area contributed by atoms with E-state index < -0.39 is 0 Å². The fraction of sp³-hybridized carbons (Fsp3) is 0.619. The van der Waals surface area contributed by atoms with Gasteiger partial charge in [-0.15, -0.1) is 0 Å². The van der Waals surface area contributed by atoms with Crippen LogP contribution in [0.2, 0.25) is 0 Å². The van der Waals surface area contributed by atoms with Gasteiger partial charge in [-0.1, -0.05) is 18.2 Å². The van der Waals surface area contributed by atoms with Crippen LogP contribution in [0.25, 0.3) is 0 Å². The van der Waals surface area contributed by atoms with Crippen LogP contribution in [0.15, 0.2) is 24.3 Å². The molecule has 1 atom stereocenters. The second kappa shape index (κ2) is 9.11. The van der Waals surface area contributed by atoms with E-state index in [4.69, 9.17) is 4.74 Å². The van der Waals surface area contributed by atoms with Crippen molar-refractivity contribution in [1.29, 1.82) is 0 Å². The van der Waals surface area contributed by atoms with E-state index in [9.17, 15) is 9.59 Å². The highest BCUT2D eigenvalue weighted by Crippen LogP contribution is 2.21. The third-order valence-corrected chi connectivity index (χ3v) is 5.64. The summed E-state index contributed by atoms with van der Waals surface area (Å²) in [6.45, 7) is 7.30. The molecule has 3 amide bonds. The molecule has 2 saturated heterocycles. The van der Waals surface area contributed by atoms with Gasteiger partial charge >= 0.3 is 6.03 Å². The first kappa shape index (κ1) is 19.5. The summed E-state index contributed by atoms with van der Waals surface area (Å²) in [6, 6.07) is 8.23. The molecule has 27 heavy (non-hydrogen) atoms. The van der Waals surface area contributed by atoms with Crippen LogP contribution in [0.5, 0.6) is 5.75 Å². The Balaban J connectivity index is 1.44. The summed E-state index contributed by atoms with van der Waals surface area (Å²) in [5.74, 6) is 1.41. The van der Waals surface area contributed by atoms with Gasteiger partial charge in [0.05, 0.1) is 6.61 Å². The minimum absolute atomic E-state index is 0.0249. The Morgan fingerprint density at radius 1 is 1.11 bits per heavy atom. The van der Waals surface area contributed by atoms with Gasteiger partial charge in [-0.25, -0.2) is 4.79 Å². The second-order valence-corrected chi connectivity index (χ2v) is 7.76. The molecule has 2 heterocycles. The number of hydrogen-bond donors (Lipinski definition) is 1. The highest BCUT2D eigenvalue weighted by molar-refractivity contribution is 5.75. The summed E-state index contributed by atoms with van der Waals surface area (Å²) in [5, 5.41) is 3.16. The molecule has 0 spiro atoms. The van der Waals surface area contributed by atoms with Gasteiger partial charge in [-0.3, -0.25) is 4.79 Å². The number of nitrogens with zero attached hydrogens (tertiary/aromatic N) is 2. The van der Waals surface area contributed by atoms with Crippen molar-refractivity contribution in [3.05, 3.63) is 29.8 Å². The summed E-state index contributed by atoms with van der Waals surface area (Å²) in [7, 11) is 0. The third kappa shape index (κ3) is 5.37. The molecular weight excluding hydrogens is 342 g/mol. The number of ether oxygens (including phenoxy) is 1. The lowest BCUT2D eigenvalue weighted by atomic mass is 9.99. The Labute approximate surface area is 161 Å². The van der Waals surface area contributed by atoms with Crippen LogP contribution in [0, 0.1) is 12.8 Å². The fourth-order valence-electron chi connectivity index (χ4n) is 3.92. The molecule has 1 aromatic rings. The van der Waals surface area contributed by atoms with Gasteiger partial charge in [0, 0.05) is 45.1 Å². The van der Waals surface area contributed by atoms with E-state index in [0.717, 1.165) is 63.2 Å². The molecule has 2 fully saturated rings. The van der Waals surface area contributed by atoms with E-state index in [2.05, 4.69) is 5.32 Å². The number of likely N-dealkylation sites (tertiary alicyclic amines) is 2. The van der Waals surface area contributed by atoms with Crippen molar-refractivity contribution in [1.82, 2.24) is 15.1 Å². The van der Waals surface area contributed by atoms with Crippen molar-refractivity contribution in [3.63, 3.8) is 0 Å². The summed E-state index contributed by atoms with van der Waals surface area (Å²) >= 11 is 0. The summed E-state index contributed by atoms with van der Waals surface area (Å²) in [5.41, 5.74) is 1.14. The predicted octanol–water partition coefficient (Wildman–Crippen LogP) is 2.81. The van der Waals surface area contributed by atoms with Crippen LogP contribution < -0.4 is 10.1 Å². The zero-order valence-electron chi connectivity index (χ0n) is 16.4. The molecule has 0 aromatic heterocycles. The molecule has 3 rings (SSSR count). The molecule has 0 saturated carbocycles. The summed E-state index contributed by atoms with van der Waals surface area (Å²) in [4.78, 5) is 27.8. The Morgan fingerprint density at radius 2 is 1.85 bits per heavy atom. The third-order valence-electron chi connectivity index (χ3n) is 5.64. The number of benzene rings is 1. The lowest BCUT2D eigenvalue weighted by molar-refractivity contribution is -0.129. The van der Waals surface area contributed by atoms with Crippen LogP contribution in [0.4, 0.5) is 4.79 Å². The minimum atomic E-state index is 0.0249. The number of carbonyl (C=O) groups is 2. The first-order valence-electron chi connectivity index (χ1n) is 10.0. The number of hydrogen-bond acceptors (Lipinski definition) is 3. The van der Waals surface area contributed by atoms with Gasteiger partial charge < -0.3 is 19.9 Å². The molecule has 1 aromatic carbocycles. The predicted molar refractivity (Wildman–Crippen MR) is 105 cm³/mol. The Hall–Kier alpha value is -2.24. The number of para-hydroxylation sites is 1. The van der Waals surface area contributed by atoms with E-state index in [0.29, 0.717) is 12.5 Å². The average Bonchev–Trinajstić information content (AvgIpc) is 2.68. The van der Waals surface area contributed by atoms with E-state index in [1.54, 1.807) is 6.92 Å². The SMILES string of the molecule is CC(=O)N1CCC(NC(=O)N2CCC[C@H](COc3ccccc3C)C2)CC1. The summed E-state index contributed by atoms with van der Waals surface area (Å²) in [6.07, 6.45) is 3.77. The highest BCUT2D eigenvalue weighted by atomic mass is 16.5. The topological polar surface area (TPSA) is 61.9 Å². The second-order valence-electron chi connectivity index (χ2n) is 7.76. The number of aryl methyl sites for hydroxylation is 1. The molecule has 6 nitrogen and oxygen atoms in total. The Kier molecular flexibility index (Phi) is 6.58. The monoisotopic (exact) mass is 373 g/mol. The maximum absolute atomic E-state index is 12.6. The van der Waals surface area contributed by atoms with E-state index >= 15 is 0 Å². The summed E-state index contributed by atoms with van der Waals surface area (Å²) < 4.78 is 5.99. The van der Waals surface area contributed by atoms with Gasteiger partial charge in [0.1, 0.15) is 5.75 Å². The van der Waals surface area contributed by atoms with Gasteiger partial charge in [-0.2, -0.15) is 0 Å². The lowest BCUT2D eigenvalue weighted by Gasteiger charge is -2.36. The van der Waals surface area contributed by atoms with Gasteiger partial charge in [0.15, 0.2) is 0 Å². The normalized spacial score (nSPS) is 21.0. The zero-order valence-corrected chi connectivity index (χ0v) is 16.4. The fourth-order valence-corrected chi connectivity index (χ4v) is 3.92.